The fourth-order valence-electron chi connectivity index (χ4n) is 3.96. The first-order valence-corrected chi connectivity index (χ1v) is 10.9. The molecule has 0 radical (unpaired) electrons. The van der Waals surface area contributed by atoms with Crippen LogP contribution >= 0.6 is 0 Å². The van der Waals surface area contributed by atoms with E-state index in [1.807, 2.05) is 6.07 Å². The van der Waals surface area contributed by atoms with Crippen molar-refractivity contribution in [2.75, 3.05) is 25.0 Å². The van der Waals surface area contributed by atoms with E-state index >= 15 is 0 Å². The molecule has 2 aromatic rings. The zero-order chi connectivity index (χ0) is 20.8. The number of hydrogen-bond donors (Lipinski definition) is 3. The fourth-order valence-corrected chi connectivity index (χ4v) is 3.96. The number of nitrogens with one attached hydrogen (secondary N) is 3. The van der Waals surface area contributed by atoms with Crippen LogP contribution in [0, 0.1) is 5.92 Å². The number of carbonyl (C=O) groups is 2. The van der Waals surface area contributed by atoms with Gasteiger partial charge < -0.3 is 16.0 Å². The zero-order valence-corrected chi connectivity index (χ0v) is 17.3. The second-order valence-corrected chi connectivity index (χ2v) is 8.39. The van der Waals surface area contributed by atoms with Gasteiger partial charge in [0.15, 0.2) is 0 Å². The molecule has 1 heterocycles. The third-order valence-corrected chi connectivity index (χ3v) is 5.70. The Hall–Kier alpha value is -2.86. The topological polar surface area (TPSA) is 73.5 Å². The summed E-state index contributed by atoms with van der Waals surface area (Å²) in [6.45, 7) is 3.74. The van der Waals surface area contributed by atoms with Crippen molar-refractivity contribution in [2.24, 2.45) is 5.92 Å². The van der Waals surface area contributed by atoms with Gasteiger partial charge in [0.25, 0.3) is 5.91 Å². The molecule has 2 aliphatic rings. The molecule has 30 heavy (non-hydrogen) atoms. The Kier molecular flexibility index (Phi) is 6.64. The molecule has 3 N–H and O–H groups in total. The quantitative estimate of drug-likeness (QED) is 0.658. The van der Waals surface area contributed by atoms with E-state index in [1.165, 1.54) is 5.56 Å². The maximum atomic E-state index is 12.6. The average Bonchev–Trinajstić information content (AvgIpc) is 3.57. The second-order valence-electron chi connectivity index (χ2n) is 8.39. The van der Waals surface area contributed by atoms with Crippen molar-refractivity contribution in [3.63, 3.8) is 0 Å². The van der Waals surface area contributed by atoms with E-state index in [4.69, 9.17) is 0 Å². The molecular weight excluding hydrogens is 376 g/mol. The van der Waals surface area contributed by atoms with Crippen molar-refractivity contribution in [3.05, 3.63) is 65.7 Å². The molecule has 0 bridgehead atoms. The van der Waals surface area contributed by atoms with E-state index in [9.17, 15) is 9.59 Å². The number of hydrogen-bond acceptors (Lipinski definition) is 3. The maximum absolute atomic E-state index is 12.6. The minimum Gasteiger partial charge on any atom is -0.352 e. The van der Waals surface area contributed by atoms with Crippen molar-refractivity contribution in [2.45, 2.75) is 38.3 Å². The minimum absolute atomic E-state index is 0.0959. The highest BCUT2D eigenvalue weighted by Gasteiger charge is 2.23. The Bertz CT molecular complexity index is 867. The smallest absolute Gasteiger partial charge is 0.319 e. The Morgan fingerprint density at radius 3 is 2.63 bits per heavy atom. The van der Waals surface area contributed by atoms with Crippen LogP contribution in [0.2, 0.25) is 0 Å². The Morgan fingerprint density at radius 2 is 1.83 bits per heavy atom. The van der Waals surface area contributed by atoms with Crippen LogP contribution < -0.4 is 16.0 Å². The number of carbonyl (C=O) groups excluding carboxylic acids is 2. The molecule has 6 heteroatoms. The lowest BCUT2D eigenvalue weighted by molar-refractivity contribution is 0.0930. The normalized spacial score (nSPS) is 19.1. The molecule has 1 atom stereocenters. The second kappa shape index (κ2) is 9.76. The van der Waals surface area contributed by atoms with E-state index in [0.717, 1.165) is 45.3 Å². The third-order valence-electron chi connectivity index (χ3n) is 5.70. The van der Waals surface area contributed by atoms with E-state index in [-0.39, 0.29) is 11.9 Å². The summed E-state index contributed by atoms with van der Waals surface area (Å²) in [5, 5.41) is 8.77. The molecule has 1 saturated carbocycles. The van der Waals surface area contributed by atoms with Gasteiger partial charge >= 0.3 is 6.03 Å². The summed E-state index contributed by atoms with van der Waals surface area (Å²) in [6, 6.07) is 17.7. The molecule has 158 valence electrons. The van der Waals surface area contributed by atoms with E-state index in [1.54, 1.807) is 24.3 Å². The molecule has 1 aliphatic carbocycles. The molecule has 0 spiro atoms. The highest BCUT2D eigenvalue weighted by molar-refractivity contribution is 5.96. The number of piperidine rings is 1. The summed E-state index contributed by atoms with van der Waals surface area (Å²) >= 11 is 0. The van der Waals surface area contributed by atoms with Gasteiger partial charge in [-0.15, -0.1) is 0 Å². The van der Waals surface area contributed by atoms with Gasteiger partial charge in [0.05, 0.1) is 0 Å². The summed E-state index contributed by atoms with van der Waals surface area (Å²) in [7, 11) is 0. The predicted molar refractivity (Wildman–Crippen MR) is 118 cm³/mol. The van der Waals surface area contributed by atoms with Gasteiger partial charge in [0, 0.05) is 36.9 Å². The number of benzene rings is 2. The Morgan fingerprint density at radius 1 is 1.00 bits per heavy atom. The van der Waals surface area contributed by atoms with Gasteiger partial charge in [0.1, 0.15) is 0 Å². The fraction of sp³-hybridized carbons (Fsp3) is 0.417. The van der Waals surface area contributed by atoms with Crippen LogP contribution in [-0.4, -0.2) is 42.5 Å². The Labute approximate surface area is 178 Å². The summed E-state index contributed by atoms with van der Waals surface area (Å²) in [4.78, 5) is 27.0. The molecule has 4 rings (SSSR count). The van der Waals surface area contributed by atoms with Crippen LogP contribution in [0.1, 0.15) is 41.6 Å². The van der Waals surface area contributed by atoms with Crippen molar-refractivity contribution in [1.82, 2.24) is 15.5 Å². The van der Waals surface area contributed by atoms with Crippen LogP contribution in [0.25, 0.3) is 0 Å². The van der Waals surface area contributed by atoms with Crippen molar-refractivity contribution in [3.8, 4) is 0 Å². The number of anilines is 1. The zero-order valence-electron chi connectivity index (χ0n) is 17.3. The summed E-state index contributed by atoms with van der Waals surface area (Å²) < 4.78 is 0. The molecule has 2 fully saturated rings. The van der Waals surface area contributed by atoms with Gasteiger partial charge in [-0.25, -0.2) is 4.79 Å². The molecular formula is C24H30N4O2. The summed E-state index contributed by atoms with van der Waals surface area (Å²) in [5.74, 6) is 0.360. The summed E-state index contributed by atoms with van der Waals surface area (Å²) in [6.07, 6.45) is 4.37. The van der Waals surface area contributed by atoms with E-state index < -0.39 is 0 Å². The molecule has 1 saturated heterocycles. The standard InChI is InChI=1S/C24H30N4O2/c29-23(20-9-4-10-22(14-20)27-24(30)26-21-11-12-21)25-15-19-8-5-13-28(17-19)16-18-6-2-1-3-7-18/h1-4,6-7,9-10,14,19,21H,5,8,11-13,15-17H2,(H,25,29)(H2,26,27,30). The first-order chi connectivity index (χ1) is 14.7. The number of rotatable bonds is 7. The lowest BCUT2D eigenvalue weighted by Crippen LogP contribution is -2.40. The molecule has 0 aromatic heterocycles. The van der Waals surface area contributed by atoms with Gasteiger partial charge in [-0.1, -0.05) is 36.4 Å². The lowest BCUT2D eigenvalue weighted by atomic mass is 9.97. The van der Waals surface area contributed by atoms with Crippen molar-refractivity contribution < 1.29 is 9.59 Å². The first-order valence-electron chi connectivity index (χ1n) is 10.9. The SMILES string of the molecule is O=C(Nc1cccc(C(=O)NCC2CCCN(Cc3ccccc3)C2)c1)NC1CC1. The van der Waals surface area contributed by atoms with Gasteiger partial charge in [-0.3, -0.25) is 9.69 Å². The van der Waals surface area contributed by atoms with Crippen LogP contribution in [0.4, 0.5) is 10.5 Å². The highest BCUT2D eigenvalue weighted by atomic mass is 16.2. The number of amides is 3. The van der Waals surface area contributed by atoms with E-state index in [2.05, 4.69) is 45.1 Å². The first kappa shape index (κ1) is 20.4. The maximum Gasteiger partial charge on any atom is 0.319 e. The third kappa shape index (κ3) is 6.07. The van der Waals surface area contributed by atoms with Crippen molar-refractivity contribution in [1.29, 1.82) is 0 Å². The van der Waals surface area contributed by atoms with Crippen LogP contribution in [0.3, 0.4) is 0 Å². The van der Waals surface area contributed by atoms with Crippen LogP contribution in [0.5, 0.6) is 0 Å². The molecule has 1 unspecified atom stereocenters. The number of urea groups is 1. The lowest BCUT2D eigenvalue weighted by Gasteiger charge is -2.32. The van der Waals surface area contributed by atoms with Crippen LogP contribution in [0.15, 0.2) is 54.6 Å². The number of nitrogens with zero attached hydrogens (tertiary/aromatic N) is 1. The molecule has 6 nitrogen and oxygen atoms in total. The largest absolute Gasteiger partial charge is 0.352 e. The van der Waals surface area contributed by atoms with Gasteiger partial charge in [-0.05, 0) is 61.9 Å². The molecule has 2 aromatic carbocycles. The van der Waals surface area contributed by atoms with Gasteiger partial charge in [-0.2, -0.15) is 0 Å². The monoisotopic (exact) mass is 406 g/mol. The minimum atomic E-state index is -0.212. The predicted octanol–water partition coefficient (Wildman–Crippen LogP) is 3.61. The molecule has 3 amide bonds. The highest BCUT2D eigenvalue weighted by Crippen LogP contribution is 2.20. The van der Waals surface area contributed by atoms with Crippen molar-refractivity contribution >= 4 is 17.6 Å². The molecule has 1 aliphatic heterocycles. The summed E-state index contributed by atoms with van der Waals surface area (Å²) in [5.41, 5.74) is 2.53. The Balaban J connectivity index is 1.25. The number of likely N-dealkylation sites (tertiary alicyclic amines) is 1. The average molecular weight is 407 g/mol. The van der Waals surface area contributed by atoms with Gasteiger partial charge in [0.2, 0.25) is 0 Å². The van der Waals surface area contributed by atoms with E-state index in [0.29, 0.717) is 29.8 Å². The van der Waals surface area contributed by atoms with Crippen LogP contribution in [-0.2, 0) is 6.54 Å².